The van der Waals surface area contributed by atoms with Crippen LogP contribution in [0.3, 0.4) is 0 Å². The van der Waals surface area contributed by atoms with E-state index in [4.69, 9.17) is 10.2 Å². The van der Waals surface area contributed by atoms with Crippen molar-refractivity contribution in [3.8, 4) is 0 Å². The average molecular weight is 142 g/mol. The molecule has 0 fully saturated rings. The number of rotatable bonds is 3. The lowest BCUT2D eigenvalue weighted by Gasteiger charge is -1.85. The molecule has 0 aromatic carbocycles. The molecule has 0 spiro atoms. The minimum absolute atomic E-state index is 0.750. The normalized spacial score (nSPS) is 6.89. The highest BCUT2D eigenvalue weighted by molar-refractivity contribution is 6.08. The van der Waals surface area contributed by atoms with Crippen LogP contribution >= 0.6 is 0 Å². The standard InChI is InChI=1S/C5H11Si.CHNO/c1-2-3-4-5-6;2-1-3/h2-5H2,1H3;2H. The van der Waals surface area contributed by atoms with Crippen molar-refractivity contribution < 1.29 is 4.79 Å². The van der Waals surface area contributed by atoms with E-state index in [-0.39, 0.29) is 0 Å². The molecular weight excluding hydrogens is 130 g/mol. The monoisotopic (exact) mass is 142 g/mol. The van der Waals surface area contributed by atoms with Crippen LogP contribution in [0.1, 0.15) is 26.2 Å². The molecule has 0 aliphatic heterocycles. The largest absolute Gasteiger partial charge is 0.231 e. The van der Waals surface area contributed by atoms with E-state index in [2.05, 4.69) is 17.2 Å². The second-order valence-electron chi connectivity index (χ2n) is 1.56. The Labute approximate surface area is 59.6 Å². The van der Waals surface area contributed by atoms with Gasteiger partial charge in [-0.05, 0) is 0 Å². The van der Waals surface area contributed by atoms with Crippen LogP contribution in [-0.2, 0) is 4.79 Å². The van der Waals surface area contributed by atoms with Crippen molar-refractivity contribution in [1.82, 2.24) is 0 Å². The van der Waals surface area contributed by atoms with Crippen molar-refractivity contribution in [3.05, 3.63) is 0 Å². The summed E-state index contributed by atoms with van der Waals surface area (Å²) in [6.45, 7) is 2.21. The van der Waals surface area contributed by atoms with E-state index in [0.717, 1.165) is 12.1 Å². The Morgan fingerprint density at radius 1 is 1.56 bits per heavy atom. The third kappa shape index (κ3) is 35.3. The first-order chi connectivity index (χ1) is 4.33. The number of nitrogens with one attached hydrogen (secondary N) is 1. The molecule has 0 amide bonds. The van der Waals surface area contributed by atoms with Crippen LogP contribution in [0.4, 0.5) is 0 Å². The summed E-state index contributed by atoms with van der Waals surface area (Å²) in [6.07, 6.45) is 4.77. The zero-order valence-electron chi connectivity index (χ0n) is 5.74. The van der Waals surface area contributed by atoms with E-state index < -0.39 is 0 Å². The number of carbonyl (C=O) groups excluding carboxylic acids is 1. The smallest absolute Gasteiger partial charge is 0.222 e. The molecule has 0 saturated heterocycles. The maximum absolute atomic E-state index is 8.35. The summed E-state index contributed by atoms with van der Waals surface area (Å²) < 4.78 is 0. The molecule has 0 aromatic rings. The molecule has 0 saturated carbocycles. The zero-order valence-corrected chi connectivity index (χ0v) is 6.74. The Morgan fingerprint density at radius 3 is 2.11 bits per heavy atom. The van der Waals surface area contributed by atoms with E-state index in [1.54, 1.807) is 0 Å². The first-order valence-corrected chi connectivity index (χ1v) is 3.72. The SMILES string of the molecule is CCCCC[Si].N=C=O. The molecule has 0 rings (SSSR count). The number of hydrogen-bond donors (Lipinski definition) is 1. The maximum atomic E-state index is 8.35. The lowest BCUT2D eigenvalue weighted by Crippen LogP contribution is -1.69. The first-order valence-electron chi connectivity index (χ1n) is 3.01. The van der Waals surface area contributed by atoms with Gasteiger partial charge in [0.2, 0.25) is 6.08 Å². The van der Waals surface area contributed by atoms with E-state index in [1.165, 1.54) is 19.3 Å². The second-order valence-corrected chi connectivity index (χ2v) is 2.06. The molecule has 51 valence electrons. The van der Waals surface area contributed by atoms with Crippen molar-refractivity contribution in [1.29, 1.82) is 5.41 Å². The van der Waals surface area contributed by atoms with Crippen LogP contribution in [0, 0.1) is 5.41 Å². The Hall–Kier alpha value is -0.403. The van der Waals surface area contributed by atoms with E-state index in [9.17, 15) is 0 Å². The van der Waals surface area contributed by atoms with Gasteiger partial charge < -0.3 is 0 Å². The number of hydrogen-bond acceptors (Lipinski definition) is 2. The highest BCUT2D eigenvalue weighted by Gasteiger charge is 1.75. The fourth-order valence-corrected chi connectivity index (χ4v) is 0.625. The van der Waals surface area contributed by atoms with Gasteiger partial charge in [0.15, 0.2) is 0 Å². The van der Waals surface area contributed by atoms with Crippen LogP contribution in [0.25, 0.3) is 0 Å². The second kappa shape index (κ2) is 15.6. The Morgan fingerprint density at radius 2 is 2.00 bits per heavy atom. The van der Waals surface area contributed by atoms with Gasteiger partial charge in [-0.1, -0.05) is 32.2 Å². The van der Waals surface area contributed by atoms with Gasteiger partial charge in [-0.3, -0.25) is 0 Å². The minimum Gasteiger partial charge on any atom is -0.222 e. The maximum Gasteiger partial charge on any atom is 0.231 e. The molecule has 3 heteroatoms. The third-order valence-corrected chi connectivity index (χ3v) is 1.13. The molecule has 0 unspecified atom stereocenters. The molecule has 1 N–H and O–H groups in total. The fourth-order valence-electron chi connectivity index (χ4n) is 0.375. The molecule has 0 aliphatic carbocycles. The summed E-state index contributed by atoms with van der Waals surface area (Å²) >= 11 is 0. The van der Waals surface area contributed by atoms with Gasteiger partial charge in [0, 0.05) is 10.2 Å². The third-order valence-electron chi connectivity index (χ3n) is 0.780. The number of unbranched alkanes of at least 4 members (excludes halogenated alkanes) is 2. The molecule has 9 heavy (non-hydrogen) atoms. The van der Waals surface area contributed by atoms with E-state index in [1.807, 2.05) is 0 Å². The highest BCUT2D eigenvalue weighted by atomic mass is 28.1. The topological polar surface area (TPSA) is 40.9 Å². The summed E-state index contributed by atoms with van der Waals surface area (Å²) in [5, 5.41) is 5.40. The molecule has 0 aliphatic rings. The van der Waals surface area contributed by atoms with E-state index >= 15 is 0 Å². The minimum atomic E-state index is 0.750. The predicted molar refractivity (Wildman–Crippen MR) is 38.5 cm³/mol. The Kier molecular flexibility index (Phi) is 19.8. The molecule has 2 nitrogen and oxygen atoms in total. The van der Waals surface area contributed by atoms with E-state index in [0.29, 0.717) is 0 Å². The number of isocyanates is 1. The van der Waals surface area contributed by atoms with Gasteiger partial charge in [-0.25, -0.2) is 10.2 Å². The van der Waals surface area contributed by atoms with Gasteiger partial charge in [0.05, 0.1) is 0 Å². The van der Waals surface area contributed by atoms with Crippen molar-refractivity contribution in [2.45, 2.75) is 32.2 Å². The Balaban J connectivity index is 0. The van der Waals surface area contributed by atoms with Gasteiger partial charge in [-0.15, -0.1) is 0 Å². The molecule has 0 heterocycles. The van der Waals surface area contributed by atoms with Crippen LogP contribution in [0.2, 0.25) is 6.04 Å². The molecular formula is C6H12NOSi. The lowest BCUT2D eigenvalue weighted by molar-refractivity contribution is 0.563. The van der Waals surface area contributed by atoms with Crippen LogP contribution in [0.5, 0.6) is 0 Å². The summed E-state index contributed by atoms with van der Waals surface area (Å²) in [5.41, 5.74) is 0. The van der Waals surface area contributed by atoms with Crippen molar-refractivity contribution >= 4 is 16.3 Å². The van der Waals surface area contributed by atoms with Crippen molar-refractivity contribution in [2.75, 3.05) is 0 Å². The van der Waals surface area contributed by atoms with Crippen LogP contribution in [0.15, 0.2) is 0 Å². The summed E-state index contributed by atoms with van der Waals surface area (Å²) in [4.78, 5) is 8.35. The van der Waals surface area contributed by atoms with Crippen LogP contribution in [-0.4, -0.2) is 16.3 Å². The van der Waals surface area contributed by atoms with Crippen molar-refractivity contribution in [2.24, 2.45) is 0 Å². The molecule has 3 radical (unpaired) electrons. The molecule has 0 aromatic heterocycles. The highest BCUT2D eigenvalue weighted by Crippen LogP contribution is 1.94. The predicted octanol–water partition coefficient (Wildman–Crippen LogP) is 1.66. The molecule has 0 bridgehead atoms. The zero-order chi connectivity index (χ0) is 7.54. The molecule has 0 atom stereocenters. The van der Waals surface area contributed by atoms with Gasteiger partial charge in [0.1, 0.15) is 0 Å². The van der Waals surface area contributed by atoms with Crippen LogP contribution < -0.4 is 0 Å². The quantitative estimate of drug-likeness (QED) is 0.277. The summed E-state index contributed by atoms with van der Waals surface area (Å²) in [5.74, 6) is 0. The first kappa shape index (κ1) is 11.4. The van der Waals surface area contributed by atoms with Gasteiger partial charge in [0.25, 0.3) is 0 Å². The fraction of sp³-hybridized carbons (Fsp3) is 0.833. The lowest BCUT2D eigenvalue weighted by atomic mass is 10.3. The van der Waals surface area contributed by atoms with Gasteiger partial charge in [-0.2, -0.15) is 0 Å². The summed E-state index contributed by atoms with van der Waals surface area (Å²) in [7, 11) is 3.39. The summed E-state index contributed by atoms with van der Waals surface area (Å²) in [6, 6.07) is 1.16. The Bertz CT molecular complexity index is 65.5. The van der Waals surface area contributed by atoms with Crippen molar-refractivity contribution in [3.63, 3.8) is 0 Å². The van der Waals surface area contributed by atoms with Gasteiger partial charge >= 0.3 is 0 Å². The average Bonchev–Trinajstić information content (AvgIpc) is 1.86.